The van der Waals surface area contributed by atoms with E-state index in [1.807, 2.05) is 0 Å². The Bertz CT molecular complexity index is 462. The minimum absolute atomic E-state index is 0.277. The number of aliphatic hydroxyl groups is 1. The van der Waals surface area contributed by atoms with Crippen molar-refractivity contribution < 1.29 is 5.11 Å². The zero-order valence-electron chi connectivity index (χ0n) is 10.8. The molecule has 2 rings (SSSR count). The van der Waals surface area contributed by atoms with Gasteiger partial charge < -0.3 is 5.11 Å². The van der Waals surface area contributed by atoms with Crippen LogP contribution in [-0.4, -0.2) is 11.7 Å². The van der Waals surface area contributed by atoms with E-state index < -0.39 is 0 Å². The zero-order valence-corrected chi connectivity index (χ0v) is 11.6. The molecule has 0 fully saturated rings. The molecule has 0 aliphatic carbocycles. The summed E-state index contributed by atoms with van der Waals surface area (Å²) < 4.78 is 0. The fourth-order valence-corrected chi connectivity index (χ4v) is 2.93. The number of aliphatic hydroxyl groups excluding tert-OH is 1. The van der Waals surface area contributed by atoms with Crippen LogP contribution >= 0.6 is 11.3 Å². The van der Waals surface area contributed by atoms with E-state index in [-0.39, 0.29) is 6.61 Å². The quantitative estimate of drug-likeness (QED) is 0.836. The lowest BCUT2D eigenvalue weighted by molar-refractivity contribution is 0.218. The molecule has 1 aromatic heterocycles. The van der Waals surface area contributed by atoms with Crippen molar-refractivity contribution in [3.8, 4) is 0 Å². The van der Waals surface area contributed by atoms with Gasteiger partial charge in [0.25, 0.3) is 0 Å². The van der Waals surface area contributed by atoms with E-state index in [9.17, 15) is 5.11 Å². The maximum atomic E-state index is 9.51. The molecule has 2 aromatic rings. The topological polar surface area (TPSA) is 20.2 Å². The van der Waals surface area contributed by atoms with Crippen LogP contribution in [0.25, 0.3) is 0 Å². The van der Waals surface area contributed by atoms with Crippen molar-refractivity contribution in [1.82, 2.24) is 0 Å². The van der Waals surface area contributed by atoms with E-state index in [0.717, 1.165) is 19.3 Å². The van der Waals surface area contributed by atoms with Crippen molar-refractivity contribution in [3.63, 3.8) is 0 Å². The number of benzene rings is 1. The van der Waals surface area contributed by atoms with Gasteiger partial charge in [-0.05, 0) is 54.7 Å². The van der Waals surface area contributed by atoms with Crippen LogP contribution < -0.4 is 0 Å². The molecule has 0 spiro atoms. The first kappa shape index (κ1) is 13.3. The van der Waals surface area contributed by atoms with Crippen LogP contribution in [0.15, 0.2) is 41.8 Å². The first-order valence-electron chi connectivity index (χ1n) is 6.47. The SMILES string of the molecule is Cc1ccccc1CC(CO)CCc1cccs1. The average molecular weight is 260 g/mol. The van der Waals surface area contributed by atoms with Crippen LogP contribution in [0.3, 0.4) is 0 Å². The fourth-order valence-electron chi connectivity index (χ4n) is 2.21. The van der Waals surface area contributed by atoms with Crippen LogP contribution in [0.5, 0.6) is 0 Å². The van der Waals surface area contributed by atoms with E-state index in [4.69, 9.17) is 0 Å². The Hall–Kier alpha value is -1.12. The summed E-state index contributed by atoms with van der Waals surface area (Å²) in [6.07, 6.45) is 3.12. The van der Waals surface area contributed by atoms with Gasteiger partial charge in [-0.25, -0.2) is 0 Å². The molecular formula is C16H20OS. The zero-order chi connectivity index (χ0) is 12.8. The lowest BCUT2D eigenvalue weighted by Gasteiger charge is -2.15. The summed E-state index contributed by atoms with van der Waals surface area (Å²) in [4.78, 5) is 1.42. The molecule has 0 amide bonds. The minimum atomic E-state index is 0.277. The van der Waals surface area contributed by atoms with Gasteiger partial charge in [0.1, 0.15) is 0 Å². The summed E-state index contributed by atoms with van der Waals surface area (Å²) in [5.41, 5.74) is 2.69. The highest BCUT2D eigenvalue weighted by Gasteiger charge is 2.10. The monoisotopic (exact) mass is 260 g/mol. The molecule has 2 heteroatoms. The molecule has 18 heavy (non-hydrogen) atoms. The second kappa shape index (κ2) is 6.72. The third-order valence-corrected chi connectivity index (χ3v) is 4.34. The molecule has 0 saturated carbocycles. The molecule has 1 atom stereocenters. The Labute approximate surface area is 113 Å². The van der Waals surface area contributed by atoms with Crippen LogP contribution in [0, 0.1) is 12.8 Å². The highest BCUT2D eigenvalue weighted by Crippen LogP contribution is 2.19. The highest BCUT2D eigenvalue weighted by atomic mass is 32.1. The summed E-state index contributed by atoms with van der Waals surface area (Å²) in [7, 11) is 0. The van der Waals surface area contributed by atoms with Gasteiger partial charge in [0.05, 0.1) is 0 Å². The normalized spacial score (nSPS) is 12.6. The lowest BCUT2D eigenvalue weighted by Crippen LogP contribution is -2.11. The summed E-state index contributed by atoms with van der Waals surface area (Å²) in [6.45, 7) is 2.42. The van der Waals surface area contributed by atoms with Crippen molar-refractivity contribution in [1.29, 1.82) is 0 Å². The Morgan fingerprint density at radius 2 is 2.00 bits per heavy atom. The summed E-state index contributed by atoms with van der Waals surface area (Å²) in [6, 6.07) is 12.7. The summed E-state index contributed by atoms with van der Waals surface area (Å²) in [5, 5.41) is 11.6. The van der Waals surface area contributed by atoms with Gasteiger partial charge in [-0.15, -0.1) is 11.3 Å². The maximum Gasteiger partial charge on any atom is 0.0462 e. The van der Waals surface area contributed by atoms with E-state index in [2.05, 4.69) is 48.7 Å². The largest absolute Gasteiger partial charge is 0.396 e. The van der Waals surface area contributed by atoms with E-state index >= 15 is 0 Å². The summed E-state index contributed by atoms with van der Waals surface area (Å²) in [5.74, 6) is 0.369. The Balaban J connectivity index is 1.91. The highest BCUT2D eigenvalue weighted by molar-refractivity contribution is 7.09. The number of thiophene rings is 1. The van der Waals surface area contributed by atoms with Crippen LogP contribution in [0.1, 0.15) is 22.4 Å². The predicted octanol–water partition coefficient (Wildman–Crippen LogP) is 3.84. The Morgan fingerprint density at radius 3 is 2.67 bits per heavy atom. The number of hydrogen-bond donors (Lipinski definition) is 1. The van der Waals surface area contributed by atoms with Gasteiger partial charge in [-0.2, -0.15) is 0 Å². The number of aryl methyl sites for hydroxylation is 2. The van der Waals surface area contributed by atoms with Crippen molar-refractivity contribution >= 4 is 11.3 Å². The van der Waals surface area contributed by atoms with Crippen LogP contribution in [0.4, 0.5) is 0 Å². The van der Waals surface area contributed by atoms with Gasteiger partial charge in [0, 0.05) is 11.5 Å². The summed E-state index contributed by atoms with van der Waals surface area (Å²) >= 11 is 1.80. The minimum Gasteiger partial charge on any atom is -0.396 e. The molecule has 1 unspecified atom stereocenters. The molecule has 96 valence electrons. The molecule has 1 aromatic carbocycles. The number of hydrogen-bond acceptors (Lipinski definition) is 2. The molecular weight excluding hydrogens is 240 g/mol. The Kier molecular flexibility index (Phi) is 4.97. The standard InChI is InChI=1S/C16H20OS/c1-13-5-2-3-6-15(13)11-14(12-17)8-9-16-7-4-10-18-16/h2-7,10,14,17H,8-9,11-12H2,1H3. The number of rotatable bonds is 6. The first-order chi connectivity index (χ1) is 8.79. The third kappa shape index (κ3) is 3.69. The molecule has 1 nitrogen and oxygen atoms in total. The average Bonchev–Trinajstić information content (AvgIpc) is 2.90. The maximum absolute atomic E-state index is 9.51. The third-order valence-electron chi connectivity index (χ3n) is 3.41. The molecule has 0 aliphatic heterocycles. The van der Waals surface area contributed by atoms with E-state index in [1.165, 1.54) is 16.0 Å². The fraction of sp³-hybridized carbons (Fsp3) is 0.375. The van der Waals surface area contributed by atoms with Crippen LogP contribution in [-0.2, 0) is 12.8 Å². The lowest BCUT2D eigenvalue weighted by atomic mass is 9.93. The van der Waals surface area contributed by atoms with Crippen molar-refractivity contribution in [2.24, 2.45) is 5.92 Å². The van der Waals surface area contributed by atoms with Crippen molar-refractivity contribution in [2.75, 3.05) is 6.61 Å². The molecule has 0 radical (unpaired) electrons. The van der Waals surface area contributed by atoms with E-state index in [1.54, 1.807) is 11.3 Å². The van der Waals surface area contributed by atoms with Gasteiger partial charge in [-0.3, -0.25) is 0 Å². The second-order valence-corrected chi connectivity index (χ2v) is 5.83. The molecule has 1 heterocycles. The van der Waals surface area contributed by atoms with Gasteiger partial charge in [0.15, 0.2) is 0 Å². The van der Waals surface area contributed by atoms with Crippen molar-refractivity contribution in [2.45, 2.75) is 26.2 Å². The van der Waals surface area contributed by atoms with E-state index in [0.29, 0.717) is 5.92 Å². The second-order valence-electron chi connectivity index (χ2n) is 4.80. The predicted molar refractivity (Wildman–Crippen MR) is 78.1 cm³/mol. The molecule has 1 N–H and O–H groups in total. The van der Waals surface area contributed by atoms with Gasteiger partial charge >= 0.3 is 0 Å². The molecule has 0 aliphatic rings. The van der Waals surface area contributed by atoms with Gasteiger partial charge in [0.2, 0.25) is 0 Å². The van der Waals surface area contributed by atoms with Crippen molar-refractivity contribution in [3.05, 3.63) is 57.8 Å². The molecule has 0 bridgehead atoms. The van der Waals surface area contributed by atoms with Crippen LogP contribution in [0.2, 0.25) is 0 Å². The first-order valence-corrected chi connectivity index (χ1v) is 7.35. The smallest absolute Gasteiger partial charge is 0.0462 e. The Morgan fingerprint density at radius 1 is 1.17 bits per heavy atom. The molecule has 0 saturated heterocycles. The van der Waals surface area contributed by atoms with Gasteiger partial charge in [-0.1, -0.05) is 30.3 Å².